The summed E-state index contributed by atoms with van der Waals surface area (Å²) in [5, 5.41) is 5.10. The summed E-state index contributed by atoms with van der Waals surface area (Å²) in [6.45, 7) is 0.759. The van der Waals surface area contributed by atoms with Gasteiger partial charge in [-0.2, -0.15) is 0 Å². The second-order valence-electron chi connectivity index (χ2n) is 10.8. The third-order valence-electron chi connectivity index (χ3n) is 7.51. The molecule has 7 heterocycles. The molecule has 238 valence electrons. The number of anilines is 1. The standard InChI is InChI=1S/C24H20N6.C14H9ClN4/c1-2-12-26-21(7-1)24-29-22(18-6-4-11-25-16-18)15-23(30-24)28-13-9-17-5-3-8-20-19(17)10-14-27-20;15-13-8-12(10-4-3-6-16-9-10)18-14(19-13)11-5-1-2-7-17-11/h1-8,10-12,14-16,27H,9,13H2,(H,28,29,30);1-9H. The van der Waals surface area contributed by atoms with E-state index in [9.17, 15) is 0 Å². The summed E-state index contributed by atoms with van der Waals surface area (Å²) in [6.07, 6.45) is 13.3. The van der Waals surface area contributed by atoms with E-state index in [-0.39, 0.29) is 0 Å². The lowest BCUT2D eigenvalue weighted by Gasteiger charge is -2.10. The van der Waals surface area contributed by atoms with Crippen LogP contribution in [0, 0.1) is 0 Å². The molecular weight excluding hydrogens is 632 g/mol. The van der Waals surface area contributed by atoms with Crippen molar-refractivity contribution in [2.75, 3.05) is 11.9 Å². The molecule has 10 nitrogen and oxygen atoms in total. The van der Waals surface area contributed by atoms with Crippen LogP contribution in [0.4, 0.5) is 5.82 Å². The summed E-state index contributed by atoms with van der Waals surface area (Å²) >= 11 is 6.05. The highest BCUT2D eigenvalue weighted by Crippen LogP contribution is 2.25. The lowest BCUT2D eigenvalue weighted by molar-refractivity contribution is 1.01. The Hall–Kier alpha value is -6.39. The van der Waals surface area contributed by atoms with Gasteiger partial charge in [0.1, 0.15) is 22.4 Å². The second-order valence-corrected chi connectivity index (χ2v) is 11.2. The fraction of sp³-hybridized carbons (Fsp3) is 0.0526. The third-order valence-corrected chi connectivity index (χ3v) is 7.70. The van der Waals surface area contributed by atoms with Crippen molar-refractivity contribution in [3.8, 4) is 45.6 Å². The molecule has 0 saturated heterocycles. The van der Waals surface area contributed by atoms with Crippen molar-refractivity contribution in [2.24, 2.45) is 0 Å². The normalized spacial score (nSPS) is 10.7. The molecule has 0 atom stereocenters. The second kappa shape index (κ2) is 15.0. The van der Waals surface area contributed by atoms with Crippen LogP contribution in [0.5, 0.6) is 0 Å². The van der Waals surface area contributed by atoms with Crippen LogP contribution in [0.25, 0.3) is 56.5 Å². The topological polar surface area (TPSA) is 131 Å². The number of benzene rings is 1. The molecule has 11 heteroatoms. The molecule has 7 aromatic heterocycles. The van der Waals surface area contributed by atoms with Crippen LogP contribution in [0.15, 0.2) is 140 Å². The van der Waals surface area contributed by atoms with E-state index in [0.29, 0.717) is 22.5 Å². The Labute approximate surface area is 287 Å². The van der Waals surface area contributed by atoms with Gasteiger partial charge in [0.05, 0.1) is 11.4 Å². The lowest BCUT2D eigenvalue weighted by atomic mass is 10.1. The maximum Gasteiger partial charge on any atom is 0.180 e. The molecule has 0 spiro atoms. The fourth-order valence-corrected chi connectivity index (χ4v) is 5.38. The monoisotopic (exact) mass is 660 g/mol. The molecular formula is C38H29ClN10. The number of hydrogen-bond acceptors (Lipinski definition) is 9. The Bertz CT molecular complexity index is 2150. The van der Waals surface area contributed by atoms with Crippen molar-refractivity contribution in [1.82, 2.24) is 44.9 Å². The summed E-state index contributed by atoms with van der Waals surface area (Å²) in [7, 11) is 0. The third kappa shape index (κ3) is 7.78. The average Bonchev–Trinajstić information content (AvgIpc) is 3.66. The quantitative estimate of drug-likeness (QED) is 0.156. The van der Waals surface area contributed by atoms with Gasteiger partial charge in [0.2, 0.25) is 0 Å². The first-order valence-corrected chi connectivity index (χ1v) is 15.9. The molecule has 0 aliphatic heterocycles. The Morgan fingerprint density at radius 1 is 0.592 bits per heavy atom. The van der Waals surface area contributed by atoms with Crippen LogP contribution in [-0.2, 0) is 6.42 Å². The van der Waals surface area contributed by atoms with Gasteiger partial charge in [0.25, 0.3) is 0 Å². The van der Waals surface area contributed by atoms with Crippen molar-refractivity contribution in [3.63, 3.8) is 0 Å². The highest BCUT2D eigenvalue weighted by atomic mass is 35.5. The van der Waals surface area contributed by atoms with E-state index in [1.807, 2.05) is 72.9 Å². The molecule has 49 heavy (non-hydrogen) atoms. The number of rotatable bonds is 8. The van der Waals surface area contributed by atoms with Crippen molar-refractivity contribution < 1.29 is 0 Å². The molecule has 0 aliphatic rings. The molecule has 0 fully saturated rings. The molecule has 0 amide bonds. The first-order valence-electron chi connectivity index (χ1n) is 15.6. The number of halogens is 1. The van der Waals surface area contributed by atoms with E-state index >= 15 is 0 Å². The molecule has 2 N–H and O–H groups in total. The number of pyridine rings is 4. The van der Waals surface area contributed by atoms with E-state index in [0.717, 1.165) is 52.5 Å². The van der Waals surface area contributed by atoms with Gasteiger partial charge in [-0.25, -0.2) is 19.9 Å². The van der Waals surface area contributed by atoms with Crippen LogP contribution in [0.1, 0.15) is 5.56 Å². The van der Waals surface area contributed by atoms with Gasteiger partial charge >= 0.3 is 0 Å². The largest absolute Gasteiger partial charge is 0.370 e. The van der Waals surface area contributed by atoms with E-state index in [1.165, 1.54) is 10.9 Å². The Balaban J connectivity index is 0.000000171. The Kier molecular flexibility index (Phi) is 9.57. The van der Waals surface area contributed by atoms with Crippen LogP contribution >= 0.6 is 11.6 Å². The van der Waals surface area contributed by atoms with Crippen LogP contribution in [0.2, 0.25) is 5.15 Å². The number of aromatic amines is 1. The maximum absolute atomic E-state index is 6.05. The van der Waals surface area contributed by atoms with Gasteiger partial charge in [-0.15, -0.1) is 0 Å². The molecule has 1 aromatic carbocycles. The average molecular weight is 661 g/mol. The number of fused-ring (bicyclic) bond motifs is 1. The van der Waals surface area contributed by atoms with Gasteiger partial charge in [0, 0.05) is 84.1 Å². The predicted octanol–water partition coefficient (Wildman–Crippen LogP) is 7.99. The minimum Gasteiger partial charge on any atom is -0.370 e. The Morgan fingerprint density at radius 2 is 1.27 bits per heavy atom. The molecule has 0 unspecified atom stereocenters. The van der Waals surface area contributed by atoms with Crippen molar-refractivity contribution in [3.05, 3.63) is 151 Å². The Morgan fingerprint density at radius 3 is 1.90 bits per heavy atom. The van der Waals surface area contributed by atoms with E-state index in [2.05, 4.69) is 64.5 Å². The fourth-order valence-electron chi connectivity index (χ4n) is 5.19. The molecule has 8 aromatic rings. The molecule has 0 saturated carbocycles. The van der Waals surface area contributed by atoms with Crippen molar-refractivity contribution in [1.29, 1.82) is 0 Å². The van der Waals surface area contributed by atoms with Gasteiger partial charge < -0.3 is 10.3 Å². The number of nitrogens with zero attached hydrogens (tertiary/aromatic N) is 8. The summed E-state index contributed by atoms with van der Waals surface area (Å²) in [5.74, 6) is 1.87. The van der Waals surface area contributed by atoms with E-state index in [1.54, 1.807) is 43.2 Å². The summed E-state index contributed by atoms with van der Waals surface area (Å²) < 4.78 is 0. The van der Waals surface area contributed by atoms with Crippen molar-refractivity contribution >= 4 is 28.3 Å². The van der Waals surface area contributed by atoms with Crippen LogP contribution in [-0.4, -0.2) is 51.4 Å². The van der Waals surface area contributed by atoms with E-state index in [4.69, 9.17) is 21.6 Å². The van der Waals surface area contributed by atoms with Crippen LogP contribution in [0.3, 0.4) is 0 Å². The van der Waals surface area contributed by atoms with Crippen molar-refractivity contribution in [2.45, 2.75) is 6.42 Å². The van der Waals surface area contributed by atoms with Gasteiger partial charge in [-0.3, -0.25) is 19.9 Å². The van der Waals surface area contributed by atoms with E-state index < -0.39 is 0 Å². The number of H-pyrrole nitrogens is 1. The number of aromatic nitrogens is 9. The molecule has 0 aliphatic carbocycles. The summed E-state index contributed by atoms with van der Waals surface area (Å²) in [5.41, 5.74) is 7.26. The zero-order valence-corrected chi connectivity index (χ0v) is 26.9. The first-order chi connectivity index (χ1) is 24.2. The molecule has 0 radical (unpaired) electrons. The predicted molar refractivity (Wildman–Crippen MR) is 192 cm³/mol. The summed E-state index contributed by atoms with van der Waals surface area (Å²) in [4.78, 5) is 38.3. The zero-order valence-electron chi connectivity index (χ0n) is 26.1. The smallest absolute Gasteiger partial charge is 0.180 e. The highest BCUT2D eigenvalue weighted by Gasteiger charge is 2.11. The highest BCUT2D eigenvalue weighted by molar-refractivity contribution is 6.29. The number of nitrogens with one attached hydrogen (secondary N) is 2. The summed E-state index contributed by atoms with van der Waals surface area (Å²) in [6, 6.07) is 31.1. The minimum absolute atomic E-state index is 0.384. The van der Waals surface area contributed by atoms with Gasteiger partial charge in [-0.05, 0) is 72.6 Å². The van der Waals surface area contributed by atoms with Gasteiger partial charge in [-0.1, -0.05) is 35.9 Å². The maximum atomic E-state index is 6.05. The zero-order chi connectivity index (χ0) is 33.3. The minimum atomic E-state index is 0.384. The first kappa shape index (κ1) is 31.2. The lowest BCUT2D eigenvalue weighted by Crippen LogP contribution is -2.08. The molecule has 0 bridgehead atoms. The number of hydrogen-bond donors (Lipinski definition) is 2. The molecule has 8 rings (SSSR count). The van der Waals surface area contributed by atoms with Gasteiger partial charge in [0.15, 0.2) is 11.6 Å². The SMILES string of the molecule is Clc1cc(-c2cccnc2)nc(-c2ccccn2)n1.c1ccc(-c2nc(NCCc3cccc4[nH]ccc34)cc(-c3cccnc3)n2)nc1. The van der Waals surface area contributed by atoms with Crippen LogP contribution < -0.4 is 5.32 Å².